The van der Waals surface area contributed by atoms with Crippen molar-refractivity contribution in [2.75, 3.05) is 25.7 Å². The van der Waals surface area contributed by atoms with Crippen molar-refractivity contribution in [3.05, 3.63) is 30.3 Å². The number of nitrogens with zero attached hydrogens (tertiary/aromatic N) is 3. The van der Waals surface area contributed by atoms with Gasteiger partial charge in [0.1, 0.15) is 6.04 Å². The summed E-state index contributed by atoms with van der Waals surface area (Å²) >= 11 is 0. The standard InChI is InChI=1S/C13H17N3O2/c1-10-12(17)14(2)9-16(10)13(18)15(3)11-7-5-4-6-8-11/h4-8,10H,9H2,1-3H3/t10-/m0/s1. The lowest BCUT2D eigenvalue weighted by Crippen LogP contribution is -2.44. The minimum atomic E-state index is -0.395. The highest BCUT2D eigenvalue weighted by Crippen LogP contribution is 2.18. The molecule has 1 atom stereocenters. The van der Waals surface area contributed by atoms with Crippen LogP contribution >= 0.6 is 0 Å². The van der Waals surface area contributed by atoms with E-state index in [1.165, 1.54) is 0 Å². The van der Waals surface area contributed by atoms with Crippen LogP contribution in [0.15, 0.2) is 30.3 Å². The Morgan fingerprint density at radius 1 is 1.33 bits per heavy atom. The molecule has 0 radical (unpaired) electrons. The summed E-state index contributed by atoms with van der Waals surface area (Å²) < 4.78 is 0. The zero-order valence-electron chi connectivity index (χ0n) is 10.8. The Morgan fingerprint density at radius 3 is 2.44 bits per heavy atom. The zero-order valence-corrected chi connectivity index (χ0v) is 10.8. The van der Waals surface area contributed by atoms with Crippen LogP contribution in [0.3, 0.4) is 0 Å². The number of anilines is 1. The van der Waals surface area contributed by atoms with Gasteiger partial charge in [0.15, 0.2) is 0 Å². The van der Waals surface area contributed by atoms with Gasteiger partial charge in [-0.15, -0.1) is 0 Å². The van der Waals surface area contributed by atoms with Gasteiger partial charge < -0.3 is 4.90 Å². The number of carbonyl (C=O) groups is 2. The van der Waals surface area contributed by atoms with E-state index < -0.39 is 6.04 Å². The first-order chi connectivity index (χ1) is 8.52. The van der Waals surface area contributed by atoms with Gasteiger partial charge in [-0.2, -0.15) is 0 Å². The summed E-state index contributed by atoms with van der Waals surface area (Å²) in [6.07, 6.45) is 0. The monoisotopic (exact) mass is 247 g/mol. The van der Waals surface area contributed by atoms with Crippen LogP contribution in [0.2, 0.25) is 0 Å². The molecule has 0 N–H and O–H groups in total. The molecule has 1 saturated heterocycles. The summed E-state index contributed by atoms with van der Waals surface area (Å²) in [4.78, 5) is 28.7. The molecule has 0 aliphatic carbocycles. The maximum absolute atomic E-state index is 12.3. The number of para-hydroxylation sites is 1. The smallest absolute Gasteiger partial charge is 0.326 e. The minimum Gasteiger partial charge on any atom is -0.326 e. The molecule has 0 saturated carbocycles. The Morgan fingerprint density at radius 2 is 1.94 bits per heavy atom. The SMILES string of the molecule is C[C@H]1C(=O)N(C)CN1C(=O)N(C)c1ccccc1. The second-order valence-electron chi connectivity index (χ2n) is 4.50. The van der Waals surface area contributed by atoms with Gasteiger partial charge in [-0.05, 0) is 19.1 Å². The van der Waals surface area contributed by atoms with Gasteiger partial charge in [0.25, 0.3) is 0 Å². The number of urea groups is 1. The van der Waals surface area contributed by atoms with Crippen LogP contribution in [0.25, 0.3) is 0 Å². The third-order valence-electron chi connectivity index (χ3n) is 3.24. The molecule has 5 heteroatoms. The van der Waals surface area contributed by atoms with Gasteiger partial charge >= 0.3 is 6.03 Å². The fourth-order valence-electron chi connectivity index (χ4n) is 2.05. The van der Waals surface area contributed by atoms with Gasteiger partial charge in [0.2, 0.25) is 5.91 Å². The van der Waals surface area contributed by atoms with Crippen LogP contribution in [0, 0.1) is 0 Å². The molecule has 1 heterocycles. The molecule has 2 rings (SSSR count). The van der Waals surface area contributed by atoms with Crippen LogP contribution < -0.4 is 4.90 Å². The maximum atomic E-state index is 12.3. The van der Waals surface area contributed by atoms with Gasteiger partial charge in [0.05, 0.1) is 6.67 Å². The van der Waals surface area contributed by atoms with Crippen LogP contribution in [0.1, 0.15) is 6.92 Å². The Balaban J connectivity index is 2.15. The lowest BCUT2D eigenvalue weighted by Gasteiger charge is -2.26. The van der Waals surface area contributed by atoms with Gasteiger partial charge in [-0.1, -0.05) is 18.2 Å². The number of rotatable bonds is 1. The van der Waals surface area contributed by atoms with Crippen molar-refractivity contribution in [3.8, 4) is 0 Å². The summed E-state index contributed by atoms with van der Waals surface area (Å²) in [6, 6.07) is 8.83. The van der Waals surface area contributed by atoms with Crippen LogP contribution in [0.4, 0.5) is 10.5 Å². The van der Waals surface area contributed by atoms with Crippen molar-refractivity contribution in [2.45, 2.75) is 13.0 Å². The lowest BCUT2D eigenvalue weighted by atomic mass is 10.3. The molecule has 96 valence electrons. The molecular weight excluding hydrogens is 230 g/mol. The average molecular weight is 247 g/mol. The second-order valence-corrected chi connectivity index (χ2v) is 4.50. The molecule has 3 amide bonds. The number of amides is 3. The highest BCUT2D eigenvalue weighted by molar-refractivity contribution is 5.96. The van der Waals surface area contributed by atoms with Crippen LogP contribution in [-0.4, -0.2) is 48.5 Å². The molecule has 1 aliphatic rings. The molecule has 1 aromatic carbocycles. The first kappa shape index (κ1) is 12.4. The van der Waals surface area contributed by atoms with Crippen molar-refractivity contribution in [1.82, 2.24) is 9.80 Å². The molecule has 5 nitrogen and oxygen atoms in total. The Bertz CT molecular complexity index is 461. The van der Waals surface area contributed by atoms with Crippen molar-refractivity contribution >= 4 is 17.6 Å². The van der Waals surface area contributed by atoms with E-state index in [0.29, 0.717) is 6.67 Å². The highest BCUT2D eigenvalue weighted by atomic mass is 16.2. The van der Waals surface area contributed by atoms with E-state index in [1.54, 1.807) is 35.7 Å². The Labute approximate surface area is 107 Å². The summed E-state index contributed by atoms with van der Waals surface area (Å²) in [5, 5.41) is 0. The quantitative estimate of drug-likeness (QED) is 0.752. The fraction of sp³-hybridized carbons (Fsp3) is 0.385. The van der Waals surface area contributed by atoms with Crippen LogP contribution in [0.5, 0.6) is 0 Å². The van der Waals surface area contributed by atoms with E-state index in [4.69, 9.17) is 0 Å². The third kappa shape index (κ3) is 2.03. The fourth-order valence-corrected chi connectivity index (χ4v) is 2.05. The van der Waals surface area contributed by atoms with Crippen molar-refractivity contribution < 1.29 is 9.59 Å². The van der Waals surface area contributed by atoms with E-state index >= 15 is 0 Å². The van der Waals surface area contributed by atoms with Crippen molar-refractivity contribution in [2.24, 2.45) is 0 Å². The van der Waals surface area contributed by atoms with E-state index in [2.05, 4.69) is 0 Å². The van der Waals surface area contributed by atoms with Crippen molar-refractivity contribution in [1.29, 1.82) is 0 Å². The molecule has 1 fully saturated rings. The number of likely N-dealkylation sites (N-methyl/N-ethyl adjacent to an activating group) is 1. The average Bonchev–Trinajstić information content (AvgIpc) is 2.66. The summed E-state index contributed by atoms with van der Waals surface area (Å²) in [5.41, 5.74) is 0.816. The van der Waals surface area contributed by atoms with E-state index in [0.717, 1.165) is 5.69 Å². The Kier molecular flexibility index (Phi) is 3.23. The second kappa shape index (κ2) is 4.68. The molecule has 1 aromatic rings. The molecule has 0 unspecified atom stereocenters. The van der Waals surface area contributed by atoms with E-state index in [9.17, 15) is 9.59 Å². The lowest BCUT2D eigenvalue weighted by molar-refractivity contribution is -0.127. The van der Waals surface area contributed by atoms with Crippen LogP contribution in [-0.2, 0) is 4.79 Å². The van der Waals surface area contributed by atoms with E-state index in [1.807, 2.05) is 30.3 Å². The molecule has 0 bridgehead atoms. The van der Waals surface area contributed by atoms with Crippen molar-refractivity contribution in [3.63, 3.8) is 0 Å². The molecular formula is C13H17N3O2. The molecule has 0 spiro atoms. The third-order valence-corrected chi connectivity index (χ3v) is 3.24. The predicted molar refractivity (Wildman–Crippen MR) is 69.2 cm³/mol. The number of benzene rings is 1. The van der Waals surface area contributed by atoms with Gasteiger partial charge in [-0.25, -0.2) is 4.79 Å². The molecule has 1 aliphatic heterocycles. The van der Waals surface area contributed by atoms with Gasteiger partial charge in [-0.3, -0.25) is 14.6 Å². The summed E-state index contributed by atoms with van der Waals surface area (Å²) in [6.45, 7) is 2.10. The highest BCUT2D eigenvalue weighted by Gasteiger charge is 2.37. The van der Waals surface area contributed by atoms with Gasteiger partial charge in [0, 0.05) is 19.8 Å². The molecule has 18 heavy (non-hydrogen) atoms. The summed E-state index contributed by atoms with van der Waals surface area (Å²) in [5.74, 6) is -0.0233. The maximum Gasteiger partial charge on any atom is 0.326 e. The van der Waals surface area contributed by atoms with E-state index in [-0.39, 0.29) is 11.9 Å². The zero-order chi connectivity index (χ0) is 13.3. The first-order valence-corrected chi connectivity index (χ1v) is 5.86. The largest absolute Gasteiger partial charge is 0.326 e. The normalized spacial score (nSPS) is 19.3. The number of carbonyl (C=O) groups excluding carboxylic acids is 2. The minimum absolute atomic E-state index is 0.0233. The number of hydrogen-bond acceptors (Lipinski definition) is 2. The number of hydrogen-bond donors (Lipinski definition) is 0. The first-order valence-electron chi connectivity index (χ1n) is 5.86. The predicted octanol–water partition coefficient (Wildman–Crippen LogP) is 1.36. The Hall–Kier alpha value is -2.04. The molecule has 0 aromatic heterocycles. The summed E-state index contributed by atoms with van der Waals surface area (Å²) in [7, 11) is 3.42. The topological polar surface area (TPSA) is 43.9 Å².